The first-order valence-electron chi connectivity index (χ1n) is 10.6. The number of aryl methyl sites for hydroxylation is 3. The monoisotopic (exact) mass is 522 g/mol. The lowest BCUT2D eigenvalue weighted by Crippen LogP contribution is -2.34. The molecule has 0 spiro atoms. The third-order valence-corrected chi connectivity index (χ3v) is 6.94. The number of benzene rings is 2. The zero-order valence-corrected chi connectivity index (χ0v) is 21.3. The molecule has 5 aromatic rings. The van der Waals surface area contributed by atoms with Crippen LogP contribution in [0.2, 0.25) is 5.02 Å². The third kappa shape index (κ3) is 4.68. The average Bonchev–Trinajstić information content (AvgIpc) is 3.55. The summed E-state index contributed by atoms with van der Waals surface area (Å²) in [7, 11) is 0. The summed E-state index contributed by atoms with van der Waals surface area (Å²) in [5, 5.41) is 20.1. The molecule has 0 unspecified atom stereocenters. The standard InChI is InChI=1S/C24H19ClN6O2S2/c1-12-4-5-15(11-17(12)25)19-8-9-20(33-19)21(32)27-23(34)26-18-7-6-16(10-13(18)2)22-30-31-14(3)28-29-24(31)35-22/h4-11H,1-3H3,(H2,26,27,32,34). The molecule has 0 bridgehead atoms. The lowest BCUT2D eigenvalue weighted by molar-refractivity contribution is 0.0951. The van der Waals surface area contributed by atoms with Gasteiger partial charge in [-0.1, -0.05) is 35.1 Å². The van der Waals surface area contributed by atoms with Gasteiger partial charge >= 0.3 is 0 Å². The minimum atomic E-state index is -0.448. The predicted octanol–water partition coefficient (Wildman–Crippen LogP) is 5.82. The zero-order valence-electron chi connectivity index (χ0n) is 18.9. The Balaban J connectivity index is 1.25. The first-order valence-corrected chi connectivity index (χ1v) is 12.2. The van der Waals surface area contributed by atoms with Gasteiger partial charge in [0.2, 0.25) is 4.96 Å². The van der Waals surface area contributed by atoms with E-state index in [4.69, 9.17) is 28.2 Å². The summed E-state index contributed by atoms with van der Waals surface area (Å²) in [4.78, 5) is 13.4. The van der Waals surface area contributed by atoms with Gasteiger partial charge in [0.25, 0.3) is 5.91 Å². The van der Waals surface area contributed by atoms with Crippen LogP contribution in [0.4, 0.5) is 5.69 Å². The van der Waals surface area contributed by atoms with Gasteiger partial charge < -0.3 is 9.73 Å². The van der Waals surface area contributed by atoms with Crippen molar-refractivity contribution in [2.45, 2.75) is 20.8 Å². The molecule has 2 aromatic carbocycles. The fourth-order valence-electron chi connectivity index (χ4n) is 3.45. The maximum atomic E-state index is 12.6. The summed E-state index contributed by atoms with van der Waals surface area (Å²) in [5.74, 6) is 0.982. The van der Waals surface area contributed by atoms with E-state index in [1.165, 1.54) is 11.3 Å². The van der Waals surface area contributed by atoms with Crippen molar-refractivity contribution in [3.63, 3.8) is 0 Å². The second kappa shape index (κ2) is 9.21. The molecule has 0 saturated carbocycles. The third-order valence-electron chi connectivity index (χ3n) is 5.38. The summed E-state index contributed by atoms with van der Waals surface area (Å²) in [6.07, 6.45) is 0. The number of aromatic nitrogens is 4. The number of amides is 1. The van der Waals surface area contributed by atoms with Crippen LogP contribution in [0.5, 0.6) is 0 Å². The van der Waals surface area contributed by atoms with Crippen LogP contribution in [-0.4, -0.2) is 30.8 Å². The van der Waals surface area contributed by atoms with Crippen LogP contribution >= 0.6 is 35.2 Å². The minimum absolute atomic E-state index is 0.145. The van der Waals surface area contributed by atoms with Crippen LogP contribution in [-0.2, 0) is 0 Å². The molecule has 3 heterocycles. The highest BCUT2D eigenvalue weighted by Crippen LogP contribution is 2.29. The van der Waals surface area contributed by atoms with Crippen molar-refractivity contribution in [2.75, 3.05) is 5.32 Å². The molecule has 0 aliphatic rings. The van der Waals surface area contributed by atoms with E-state index in [9.17, 15) is 4.79 Å². The van der Waals surface area contributed by atoms with Crippen molar-refractivity contribution in [1.82, 2.24) is 25.1 Å². The van der Waals surface area contributed by atoms with Gasteiger partial charge in [0, 0.05) is 21.8 Å². The van der Waals surface area contributed by atoms with Gasteiger partial charge in [-0.2, -0.15) is 9.61 Å². The van der Waals surface area contributed by atoms with Gasteiger partial charge in [0.15, 0.2) is 16.7 Å². The van der Waals surface area contributed by atoms with E-state index in [2.05, 4.69) is 25.9 Å². The van der Waals surface area contributed by atoms with Crippen LogP contribution in [0.3, 0.4) is 0 Å². The molecular weight excluding hydrogens is 504 g/mol. The molecule has 0 aliphatic carbocycles. The molecule has 11 heteroatoms. The number of carbonyl (C=O) groups excluding carboxylic acids is 1. The number of fused-ring (bicyclic) bond motifs is 1. The number of halogens is 1. The number of nitrogens with zero attached hydrogens (tertiary/aromatic N) is 4. The van der Waals surface area contributed by atoms with Crippen molar-refractivity contribution in [3.05, 3.63) is 76.3 Å². The number of hydrogen-bond acceptors (Lipinski definition) is 7. The van der Waals surface area contributed by atoms with Crippen molar-refractivity contribution in [1.29, 1.82) is 0 Å². The van der Waals surface area contributed by atoms with Crippen LogP contribution in [0.25, 0.3) is 26.9 Å². The molecule has 5 rings (SSSR count). The van der Waals surface area contributed by atoms with Gasteiger partial charge in [-0.05, 0) is 80.5 Å². The Bertz CT molecular complexity index is 1600. The summed E-state index contributed by atoms with van der Waals surface area (Å²) >= 11 is 13.0. The Hall–Kier alpha value is -3.60. The SMILES string of the molecule is Cc1ccc(-c2ccc(C(=O)NC(=S)Nc3ccc(-c4nn5c(C)nnc5s4)cc3C)o2)cc1Cl. The summed E-state index contributed by atoms with van der Waals surface area (Å²) in [5.41, 5.74) is 4.42. The van der Waals surface area contributed by atoms with Gasteiger partial charge in [-0.15, -0.1) is 10.2 Å². The highest BCUT2D eigenvalue weighted by molar-refractivity contribution is 7.80. The Morgan fingerprint density at radius 1 is 1.03 bits per heavy atom. The fraction of sp³-hybridized carbons (Fsp3) is 0.125. The number of nitrogens with one attached hydrogen (secondary N) is 2. The van der Waals surface area contributed by atoms with Crippen LogP contribution < -0.4 is 10.6 Å². The Morgan fingerprint density at radius 2 is 1.83 bits per heavy atom. The second-order valence-electron chi connectivity index (χ2n) is 7.91. The highest BCUT2D eigenvalue weighted by atomic mass is 35.5. The molecule has 0 fully saturated rings. The molecule has 0 radical (unpaired) electrons. The van der Waals surface area contributed by atoms with E-state index in [-0.39, 0.29) is 10.9 Å². The van der Waals surface area contributed by atoms with Crippen molar-refractivity contribution < 1.29 is 9.21 Å². The molecule has 0 atom stereocenters. The van der Waals surface area contributed by atoms with Gasteiger partial charge in [0.05, 0.1) is 0 Å². The molecule has 0 saturated heterocycles. The normalized spacial score (nSPS) is 11.1. The van der Waals surface area contributed by atoms with Crippen LogP contribution in [0.1, 0.15) is 27.5 Å². The Morgan fingerprint density at radius 3 is 2.57 bits per heavy atom. The molecule has 35 heavy (non-hydrogen) atoms. The lowest BCUT2D eigenvalue weighted by atomic mass is 10.1. The van der Waals surface area contributed by atoms with Crippen molar-refractivity contribution in [2.24, 2.45) is 0 Å². The van der Waals surface area contributed by atoms with Crippen LogP contribution in [0.15, 0.2) is 52.9 Å². The van der Waals surface area contributed by atoms with Crippen molar-refractivity contribution in [3.8, 4) is 21.9 Å². The zero-order chi connectivity index (χ0) is 24.7. The summed E-state index contributed by atoms with van der Waals surface area (Å²) in [6.45, 7) is 5.73. The predicted molar refractivity (Wildman–Crippen MR) is 141 cm³/mol. The number of carbonyl (C=O) groups is 1. The first-order chi connectivity index (χ1) is 16.8. The van der Waals surface area contributed by atoms with E-state index in [1.54, 1.807) is 22.7 Å². The molecule has 0 aliphatic heterocycles. The Labute approximate surface area is 214 Å². The van der Waals surface area contributed by atoms with Gasteiger partial charge in [-0.25, -0.2) is 0 Å². The molecule has 1 amide bonds. The van der Waals surface area contributed by atoms with Gasteiger partial charge in [-0.3, -0.25) is 10.1 Å². The maximum absolute atomic E-state index is 12.6. The fourth-order valence-corrected chi connectivity index (χ4v) is 4.71. The summed E-state index contributed by atoms with van der Waals surface area (Å²) in [6, 6.07) is 14.7. The number of hydrogen-bond donors (Lipinski definition) is 2. The average molecular weight is 523 g/mol. The quantitative estimate of drug-likeness (QED) is 0.287. The number of furan rings is 1. The van der Waals surface area contributed by atoms with Crippen LogP contribution in [0, 0.1) is 20.8 Å². The van der Waals surface area contributed by atoms with Crippen molar-refractivity contribution >= 4 is 56.8 Å². The molecular formula is C24H19ClN6O2S2. The number of thiocarbonyl (C=S) groups is 1. The topological polar surface area (TPSA) is 97.4 Å². The summed E-state index contributed by atoms with van der Waals surface area (Å²) < 4.78 is 7.44. The smallest absolute Gasteiger partial charge is 0.293 e. The Kier molecular flexibility index (Phi) is 6.10. The molecule has 8 nitrogen and oxygen atoms in total. The van der Waals surface area contributed by atoms with E-state index >= 15 is 0 Å². The van der Waals surface area contributed by atoms with E-state index < -0.39 is 5.91 Å². The minimum Gasteiger partial charge on any atom is -0.451 e. The van der Waals surface area contributed by atoms with E-state index in [0.29, 0.717) is 10.8 Å². The number of anilines is 1. The molecule has 2 N–H and O–H groups in total. The largest absolute Gasteiger partial charge is 0.451 e. The lowest BCUT2D eigenvalue weighted by Gasteiger charge is -2.12. The van der Waals surface area contributed by atoms with Gasteiger partial charge in [0.1, 0.15) is 10.8 Å². The van der Waals surface area contributed by atoms with E-state index in [0.717, 1.165) is 43.7 Å². The number of rotatable bonds is 4. The highest BCUT2D eigenvalue weighted by Gasteiger charge is 2.16. The molecule has 3 aromatic heterocycles. The second-order valence-corrected chi connectivity index (χ2v) is 9.69. The van der Waals surface area contributed by atoms with E-state index in [1.807, 2.05) is 51.1 Å². The molecule has 176 valence electrons. The maximum Gasteiger partial charge on any atom is 0.293 e. The first kappa shape index (κ1) is 23.2.